The van der Waals surface area contributed by atoms with Crippen molar-refractivity contribution in [2.24, 2.45) is 0 Å². The molecule has 35 heavy (non-hydrogen) atoms. The van der Waals surface area contributed by atoms with Gasteiger partial charge < -0.3 is 10.2 Å². The van der Waals surface area contributed by atoms with Crippen LogP contribution in [0, 0.1) is 35.7 Å². The van der Waals surface area contributed by atoms with Gasteiger partial charge in [-0.25, -0.2) is 18.2 Å². The number of aromatic amines is 1. The summed E-state index contributed by atoms with van der Waals surface area (Å²) in [6.07, 6.45) is -0.383. The minimum absolute atomic E-state index is 0. The van der Waals surface area contributed by atoms with Gasteiger partial charge in [0.2, 0.25) is 0 Å². The molecule has 0 bridgehead atoms. The number of fused-ring (bicyclic) bond motifs is 1. The molecule has 0 spiro atoms. The molecule has 2 aromatic heterocycles. The van der Waals surface area contributed by atoms with Gasteiger partial charge in [0.25, 0.3) is 0 Å². The van der Waals surface area contributed by atoms with Crippen LogP contribution in [0.25, 0.3) is 22.2 Å². The van der Waals surface area contributed by atoms with Crippen LogP contribution in [0.2, 0.25) is 0 Å². The molecule has 0 aliphatic carbocycles. The van der Waals surface area contributed by atoms with Gasteiger partial charge >= 0.3 is 0 Å². The third kappa shape index (κ3) is 4.43. The van der Waals surface area contributed by atoms with Crippen molar-refractivity contribution in [3.05, 3.63) is 76.4 Å². The summed E-state index contributed by atoms with van der Waals surface area (Å²) in [4.78, 5) is 6.69. The molecule has 0 saturated carbocycles. The first-order valence-corrected chi connectivity index (χ1v) is 10.9. The number of benzene rings is 2. The number of halogens is 4. The van der Waals surface area contributed by atoms with Crippen LogP contribution in [0.4, 0.5) is 18.9 Å². The van der Waals surface area contributed by atoms with Gasteiger partial charge in [-0.3, -0.25) is 5.10 Å². The fourth-order valence-electron chi connectivity index (χ4n) is 4.45. The Labute approximate surface area is 206 Å². The largest absolute Gasteiger partial charge is 0.369 e. The summed E-state index contributed by atoms with van der Waals surface area (Å²) in [6, 6.07) is 11.6. The van der Waals surface area contributed by atoms with E-state index in [1.165, 1.54) is 0 Å². The van der Waals surface area contributed by atoms with E-state index in [9.17, 15) is 18.4 Å². The number of aryl methyl sites for hydroxylation is 1. The van der Waals surface area contributed by atoms with Crippen LogP contribution in [0.3, 0.4) is 0 Å². The standard InChI is InChI=1S/C25H21F3N6.ClH/c1-14-22-23(15-2-4-16(5-3-15)34-10-8-30-9-11-34)18(13-29)21(31-25(22)33-32-14)12-17-19(26)6-7-20(27)24(17)28;/h2-7,30H,8-12H2,1H3,(H,31,32,33);1H. The number of aromatic nitrogens is 3. The second-order valence-electron chi connectivity index (χ2n) is 8.25. The van der Waals surface area contributed by atoms with Crippen molar-refractivity contribution in [2.45, 2.75) is 13.3 Å². The van der Waals surface area contributed by atoms with Crippen LogP contribution < -0.4 is 10.2 Å². The van der Waals surface area contributed by atoms with E-state index in [1.807, 2.05) is 31.2 Å². The summed E-state index contributed by atoms with van der Waals surface area (Å²) in [6.45, 7) is 5.45. The van der Waals surface area contributed by atoms with E-state index in [0.717, 1.165) is 55.3 Å². The van der Waals surface area contributed by atoms with Crippen LogP contribution >= 0.6 is 12.4 Å². The van der Waals surface area contributed by atoms with Crippen molar-refractivity contribution >= 4 is 29.1 Å². The van der Waals surface area contributed by atoms with Crippen molar-refractivity contribution in [2.75, 3.05) is 31.1 Å². The Hall–Kier alpha value is -3.61. The molecule has 4 aromatic rings. The van der Waals surface area contributed by atoms with E-state index in [-0.39, 0.29) is 30.1 Å². The lowest BCUT2D eigenvalue weighted by atomic mass is 9.93. The van der Waals surface area contributed by atoms with Crippen LogP contribution in [0.1, 0.15) is 22.5 Å². The molecule has 1 fully saturated rings. The highest BCUT2D eigenvalue weighted by Crippen LogP contribution is 2.36. The predicted octanol–water partition coefficient (Wildman–Crippen LogP) is 4.64. The van der Waals surface area contributed by atoms with Gasteiger partial charge in [0.05, 0.1) is 16.6 Å². The van der Waals surface area contributed by atoms with Crippen molar-refractivity contribution in [3.63, 3.8) is 0 Å². The summed E-state index contributed by atoms with van der Waals surface area (Å²) in [7, 11) is 0. The summed E-state index contributed by atoms with van der Waals surface area (Å²) in [5.41, 5.74) is 3.28. The van der Waals surface area contributed by atoms with E-state index in [1.54, 1.807) is 0 Å². The van der Waals surface area contributed by atoms with Crippen LogP contribution in [-0.2, 0) is 6.42 Å². The average molecular weight is 499 g/mol. The molecular formula is C25H22ClF3N6. The normalized spacial score (nSPS) is 13.5. The van der Waals surface area contributed by atoms with Crippen molar-refractivity contribution in [1.82, 2.24) is 20.5 Å². The molecule has 6 nitrogen and oxygen atoms in total. The maximum Gasteiger partial charge on any atom is 0.182 e. The molecule has 3 heterocycles. The first kappa shape index (κ1) is 24.5. The van der Waals surface area contributed by atoms with E-state index in [0.29, 0.717) is 16.6 Å². The molecule has 5 rings (SSSR count). The number of anilines is 1. The van der Waals surface area contributed by atoms with Gasteiger partial charge in [0.1, 0.15) is 11.9 Å². The monoisotopic (exact) mass is 498 g/mol. The van der Waals surface area contributed by atoms with Crippen LogP contribution in [0.5, 0.6) is 0 Å². The SMILES string of the molecule is Cc1[nH]nc2nc(Cc3c(F)ccc(F)c3F)c(C#N)c(-c3ccc(N4CCNCC4)cc3)c12.Cl. The van der Waals surface area contributed by atoms with Gasteiger partial charge in [0, 0.05) is 55.1 Å². The van der Waals surface area contributed by atoms with Crippen molar-refractivity contribution in [1.29, 1.82) is 5.26 Å². The molecule has 1 saturated heterocycles. The lowest BCUT2D eigenvalue weighted by Crippen LogP contribution is -2.43. The molecule has 0 atom stereocenters. The van der Waals surface area contributed by atoms with Crippen molar-refractivity contribution < 1.29 is 13.2 Å². The smallest absolute Gasteiger partial charge is 0.182 e. The Balaban J connectivity index is 0.00000289. The van der Waals surface area contributed by atoms with Crippen LogP contribution in [0.15, 0.2) is 36.4 Å². The zero-order valence-corrected chi connectivity index (χ0v) is 19.6. The second kappa shape index (κ2) is 9.94. The van der Waals surface area contributed by atoms with Gasteiger partial charge in [-0.15, -0.1) is 12.4 Å². The topological polar surface area (TPSA) is 80.6 Å². The van der Waals surface area contributed by atoms with Gasteiger partial charge in [-0.05, 0) is 36.8 Å². The number of nitrogens with one attached hydrogen (secondary N) is 2. The molecule has 0 unspecified atom stereocenters. The van der Waals surface area contributed by atoms with Crippen molar-refractivity contribution in [3.8, 4) is 17.2 Å². The second-order valence-corrected chi connectivity index (χ2v) is 8.25. The number of piperazine rings is 1. The third-order valence-corrected chi connectivity index (χ3v) is 6.19. The molecule has 1 aliphatic rings. The molecule has 0 amide bonds. The van der Waals surface area contributed by atoms with Gasteiger partial charge in [-0.2, -0.15) is 10.4 Å². The van der Waals surface area contributed by atoms with Crippen LogP contribution in [-0.4, -0.2) is 41.4 Å². The number of nitrogens with zero attached hydrogens (tertiary/aromatic N) is 4. The number of rotatable bonds is 4. The Bertz CT molecular complexity index is 1420. The zero-order chi connectivity index (χ0) is 23.8. The fraction of sp³-hybridized carbons (Fsp3) is 0.240. The highest BCUT2D eigenvalue weighted by atomic mass is 35.5. The molecular weight excluding hydrogens is 477 g/mol. The Kier molecular flexibility index (Phi) is 6.96. The maximum atomic E-state index is 14.4. The van der Waals surface area contributed by atoms with Gasteiger partial charge in [-0.1, -0.05) is 12.1 Å². The number of H-pyrrole nitrogens is 1. The molecule has 1 aliphatic heterocycles. The highest BCUT2D eigenvalue weighted by Gasteiger charge is 2.23. The number of hydrogen-bond donors (Lipinski definition) is 2. The zero-order valence-electron chi connectivity index (χ0n) is 18.8. The quantitative estimate of drug-likeness (QED) is 0.400. The predicted molar refractivity (Wildman–Crippen MR) is 130 cm³/mol. The molecule has 2 aromatic carbocycles. The Morgan fingerprint density at radius 1 is 1.03 bits per heavy atom. The first-order valence-electron chi connectivity index (χ1n) is 10.9. The first-order chi connectivity index (χ1) is 16.5. The molecule has 0 radical (unpaired) electrons. The molecule has 10 heteroatoms. The Morgan fingerprint density at radius 3 is 2.40 bits per heavy atom. The number of nitriles is 1. The Morgan fingerprint density at radius 2 is 1.71 bits per heavy atom. The molecule has 180 valence electrons. The minimum atomic E-state index is -1.29. The van der Waals surface area contributed by atoms with E-state index in [4.69, 9.17) is 0 Å². The van der Waals surface area contributed by atoms with E-state index >= 15 is 0 Å². The lowest BCUT2D eigenvalue weighted by molar-refractivity contribution is 0.482. The fourth-order valence-corrected chi connectivity index (χ4v) is 4.45. The third-order valence-electron chi connectivity index (χ3n) is 6.19. The lowest BCUT2D eigenvalue weighted by Gasteiger charge is -2.29. The summed E-state index contributed by atoms with van der Waals surface area (Å²) < 4.78 is 42.5. The van der Waals surface area contributed by atoms with Gasteiger partial charge in [0.15, 0.2) is 17.3 Å². The molecule has 2 N–H and O–H groups in total. The van der Waals surface area contributed by atoms with E-state index < -0.39 is 23.0 Å². The van der Waals surface area contributed by atoms with E-state index in [2.05, 4.69) is 31.5 Å². The summed E-state index contributed by atoms with van der Waals surface area (Å²) in [5, 5.41) is 21.2. The minimum Gasteiger partial charge on any atom is -0.369 e. The summed E-state index contributed by atoms with van der Waals surface area (Å²) >= 11 is 0. The maximum absolute atomic E-state index is 14.4. The number of pyridine rings is 1. The average Bonchev–Trinajstić information content (AvgIpc) is 3.24. The number of hydrogen-bond acceptors (Lipinski definition) is 5. The summed E-state index contributed by atoms with van der Waals surface area (Å²) in [5.74, 6) is -3.34. The highest BCUT2D eigenvalue weighted by molar-refractivity contribution is 5.98.